The van der Waals surface area contributed by atoms with Gasteiger partial charge in [0.1, 0.15) is 18.2 Å². The highest BCUT2D eigenvalue weighted by molar-refractivity contribution is 7.99. The van der Waals surface area contributed by atoms with Crippen LogP contribution in [-0.2, 0) is 17.9 Å². The highest BCUT2D eigenvalue weighted by Gasteiger charge is 2.15. The van der Waals surface area contributed by atoms with E-state index < -0.39 is 0 Å². The summed E-state index contributed by atoms with van der Waals surface area (Å²) in [6.45, 7) is 2.75. The van der Waals surface area contributed by atoms with E-state index in [1.54, 1.807) is 30.3 Å². The first-order valence-electron chi connectivity index (χ1n) is 8.50. The monoisotopic (exact) mass is 471 g/mol. The molecule has 0 saturated heterocycles. The summed E-state index contributed by atoms with van der Waals surface area (Å²) in [6, 6.07) is 8.28. The molecule has 1 aromatic carbocycles. The Morgan fingerprint density at radius 2 is 1.97 bits per heavy atom. The number of halogens is 3. The van der Waals surface area contributed by atoms with Gasteiger partial charge in [-0.25, -0.2) is 4.98 Å². The van der Waals surface area contributed by atoms with Crippen LogP contribution in [0.1, 0.15) is 12.7 Å². The fourth-order valence-corrected chi connectivity index (χ4v) is 3.61. The van der Waals surface area contributed by atoms with Crippen LogP contribution < -0.4 is 10.1 Å². The fraction of sp³-hybridized carbons (Fsp3) is 0.222. The molecular formula is C18H16Cl3N5O2S. The van der Waals surface area contributed by atoms with Gasteiger partial charge in [-0.2, -0.15) is 0 Å². The van der Waals surface area contributed by atoms with Crippen molar-refractivity contribution in [2.45, 2.75) is 25.2 Å². The Morgan fingerprint density at radius 1 is 1.17 bits per heavy atom. The van der Waals surface area contributed by atoms with Gasteiger partial charge in [-0.05, 0) is 31.2 Å². The molecule has 29 heavy (non-hydrogen) atoms. The number of aromatic nitrogens is 4. The van der Waals surface area contributed by atoms with Crippen LogP contribution in [0.5, 0.6) is 5.75 Å². The lowest BCUT2D eigenvalue weighted by Crippen LogP contribution is -2.15. The third kappa shape index (κ3) is 5.99. The molecule has 3 rings (SSSR count). The third-order valence-corrected chi connectivity index (χ3v) is 5.42. The maximum absolute atomic E-state index is 12.1. The van der Waals surface area contributed by atoms with E-state index in [4.69, 9.17) is 39.5 Å². The van der Waals surface area contributed by atoms with Crippen LogP contribution in [0.3, 0.4) is 0 Å². The lowest BCUT2D eigenvalue weighted by Gasteiger charge is -2.10. The average Bonchev–Trinajstić information content (AvgIpc) is 3.10. The predicted octanol–water partition coefficient (Wildman–Crippen LogP) is 4.96. The van der Waals surface area contributed by atoms with Crippen LogP contribution in [0, 0.1) is 0 Å². The molecule has 0 saturated carbocycles. The number of hydrogen-bond donors (Lipinski definition) is 1. The number of pyridine rings is 1. The molecule has 0 aliphatic carbocycles. The molecule has 2 aromatic heterocycles. The van der Waals surface area contributed by atoms with E-state index in [1.807, 2.05) is 11.5 Å². The zero-order valence-electron chi connectivity index (χ0n) is 15.2. The Hall–Kier alpha value is -2.00. The van der Waals surface area contributed by atoms with Gasteiger partial charge in [0.15, 0.2) is 11.0 Å². The summed E-state index contributed by atoms with van der Waals surface area (Å²) in [5.74, 6) is 1.46. The molecule has 7 nitrogen and oxygen atoms in total. The van der Waals surface area contributed by atoms with E-state index in [0.29, 0.717) is 44.2 Å². The maximum atomic E-state index is 12.1. The van der Waals surface area contributed by atoms with Gasteiger partial charge in [0.05, 0.1) is 15.8 Å². The number of hydrogen-bond acceptors (Lipinski definition) is 6. The first-order chi connectivity index (χ1) is 14.0. The number of amides is 1. The van der Waals surface area contributed by atoms with E-state index >= 15 is 0 Å². The molecule has 0 aliphatic heterocycles. The summed E-state index contributed by atoms with van der Waals surface area (Å²) < 4.78 is 7.60. The number of nitrogens with zero attached hydrogens (tertiary/aromatic N) is 4. The summed E-state index contributed by atoms with van der Waals surface area (Å²) in [4.78, 5) is 16.2. The second kappa shape index (κ2) is 10.2. The summed E-state index contributed by atoms with van der Waals surface area (Å²) >= 11 is 19.1. The summed E-state index contributed by atoms with van der Waals surface area (Å²) in [6.07, 6.45) is 1.47. The van der Waals surface area contributed by atoms with Gasteiger partial charge >= 0.3 is 0 Å². The summed E-state index contributed by atoms with van der Waals surface area (Å²) in [5.41, 5.74) is 0. The third-order valence-electron chi connectivity index (χ3n) is 3.69. The average molecular weight is 473 g/mol. The zero-order chi connectivity index (χ0) is 20.8. The lowest BCUT2D eigenvalue weighted by molar-refractivity contribution is -0.113. The van der Waals surface area contributed by atoms with Crippen molar-refractivity contribution in [2.75, 3.05) is 11.1 Å². The Balaban J connectivity index is 1.59. The van der Waals surface area contributed by atoms with Crippen molar-refractivity contribution >= 4 is 58.3 Å². The van der Waals surface area contributed by atoms with Gasteiger partial charge in [-0.15, -0.1) is 10.2 Å². The zero-order valence-corrected chi connectivity index (χ0v) is 18.3. The molecule has 1 amide bonds. The molecule has 0 fully saturated rings. The van der Waals surface area contributed by atoms with Crippen LogP contribution >= 0.6 is 46.6 Å². The molecule has 0 atom stereocenters. The van der Waals surface area contributed by atoms with Gasteiger partial charge < -0.3 is 14.6 Å². The highest BCUT2D eigenvalue weighted by Crippen LogP contribution is 2.28. The maximum Gasteiger partial charge on any atom is 0.236 e. The molecule has 0 unspecified atom stereocenters. The Kier molecular flexibility index (Phi) is 7.60. The minimum Gasteiger partial charge on any atom is -0.484 e. The summed E-state index contributed by atoms with van der Waals surface area (Å²) in [5, 5.41) is 13.1. The van der Waals surface area contributed by atoms with Crippen molar-refractivity contribution in [3.63, 3.8) is 0 Å². The number of carbonyl (C=O) groups excluding carboxylic acids is 1. The second-order valence-corrected chi connectivity index (χ2v) is 7.93. The molecule has 0 bridgehead atoms. The Bertz CT molecular complexity index is 998. The molecular weight excluding hydrogens is 457 g/mol. The molecule has 0 radical (unpaired) electrons. The standard InChI is InChI=1S/C18H16Cl3N5O2S/c1-2-26-16(9-28-14-7-11(19)3-5-13(14)21)24-25-18(26)29-10-17(27)23-15-6-4-12(20)8-22-15/h3-8H,2,9-10H2,1H3,(H,22,23,27). The van der Waals surface area contributed by atoms with E-state index in [1.165, 1.54) is 18.0 Å². The van der Waals surface area contributed by atoms with Gasteiger partial charge in [0.25, 0.3) is 0 Å². The quantitative estimate of drug-likeness (QED) is 0.466. The molecule has 11 heteroatoms. The first-order valence-corrected chi connectivity index (χ1v) is 10.6. The molecule has 0 aliphatic rings. The predicted molar refractivity (Wildman–Crippen MR) is 115 cm³/mol. The van der Waals surface area contributed by atoms with Crippen LogP contribution in [-0.4, -0.2) is 31.4 Å². The van der Waals surface area contributed by atoms with Crippen molar-refractivity contribution in [2.24, 2.45) is 0 Å². The largest absolute Gasteiger partial charge is 0.484 e. The smallest absolute Gasteiger partial charge is 0.236 e. The molecule has 152 valence electrons. The summed E-state index contributed by atoms with van der Waals surface area (Å²) in [7, 11) is 0. The minimum absolute atomic E-state index is 0.156. The normalized spacial score (nSPS) is 10.8. The molecule has 0 spiro atoms. The Morgan fingerprint density at radius 3 is 2.69 bits per heavy atom. The highest BCUT2D eigenvalue weighted by atomic mass is 35.5. The van der Waals surface area contributed by atoms with Crippen molar-refractivity contribution in [3.05, 3.63) is 57.4 Å². The van der Waals surface area contributed by atoms with Gasteiger partial charge in [0, 0.05) is 23.8 Å². The number of carbonyl (C=O) groups is 1. The van der Waals surface area contributed by atoms with Gasteiger partial charge in [-0.3, -0.25) is 4.79 Å². The molecule has 3 aromatic rings. The van der Waals surface area contributed by atoms with Gasteiger partial charge in [-0.1, -0.05) is 46.6 Å². The number of anilines is 1. The number of ether oxygens (including phenoxy) is 1. The van der Waals surface area contributed by atoms with Crippen LogP contribution in [0.25, 0.3) is 0 Å². The van der Waals surface area contributed by atoms with Crippen LogP contribution in [0.2, 0.25) is 15.1 Å². The SMILES string of the molecule is CCn1c(COc2cc(Cl)ccc2Cl)nnc1SCC(=O)Nc1ccc(Cl)cn1. The van der Waals surface area contributed by atoms with Gasteiger partial charge in [0.2, 0.25) is 5.91 Å². The van der Waals surface area contributed by atoms with Crippen LogP contribution in [0.4, 0.5) is 5.82 Å². The molecule has 1 N–H and O–H groups in total. The van der Waals surface area contributed by atoms with Crippen molar-refractivity contribution < 1.29 is 9.53 Å². The number of benzene rings is 1. The van der Waals surface area contributed by atoms with Crippen molar-refractivity contribution in [3.8, 4) is 5.75 Å². The molecule has 2 heterocycles. The second-order valence-electron chi connectivity index (χ2n) is 5.70. The Labute approximate surface area is 186 Å². The van der Waals surface area contributed by atoms with Crippen molar-refractivity contribution in [1.82, 2.24) is 19.7 Å². The lowest BCUT2D eigenvalue weighted by atomic mass is 10.3. The van der Waals surface area contributed by atoms with E-state index in [2.05, 4.69) is 20.5 Å². The van der Waals surface area contributed by atoms with E-state index in [9.17, 15) is 4.79 Å². The number of thioether (sulfide) groups is 1. The van der Waals surface area contributed by atoms with Crippen molar-refractivity contribution in [1.29, 1.82) is 0 Å². The topological polar surface area (TPSA) is 81.9 Å². The number of nitrogens with one attached hydrogen (secondary N) is 1. The minimum atomic E-state index is -0.209. The first kappa shape index (κ1) is 21.7. The van der Waals surface area contributed by atoms with E-state index in [-0.39, 0.29) is 18.3 Å². The van der Waals surface area contributed by atoms with E-state index in [0.717, 1.165) is 0 Å². The fourth-order valence-electron chi connectivity index (χ4n) is 2.34. The number of rotatable bonds is 8. The van der Waals surface area contributed by atoms with Crippen LogP contribution in [0.15, 0.2) is 41.7 Å².